The normalized spacial score (nSPS) is 20.1. The highest BCUT2D eigenvalue weighted by atomic mass is 32.1. The van der Waals surface area contributed by atoms with Crippen LogP contribution in [0.25, 0.3) is 20.4 Å². The van der Waals surface area contributed by atoms with Crippen LogP contribution in [0.1, 0.15) is 24.0 Å². The molecule has 2 aliphatic heterocycles. The second-order valence-electron chi connectivity index (χ2n) is 8.93. The molecular weight excluding hydrogens is 438 g/mol. The van der Waals surface area contributed by atoms with Crippen LogP contribution in [0.5, 0.6) is 0 Å². The Labute approximate surface area is 196 Å². The van der Waals surface area contributed by atoms with E-state index in [0.29, 0.717) is 6.10 Å². The van der Waals surface area contributed by atoms with E-state index in [9.17, 15) is 0 Å². The second-order valence-corrected chi connectivity index (χ2v) is 10.9. The van der Waals surface area contributed by atoms with E-state index in [2.05, 4.69) is 64.9 Å². The number of aryl methyl sites for hydroxylation is 2. The number of anilines is 2. The summed E-state index contributed by atoms with van der Waals surface area (Å²) in [5.74, 6) is 0. The molecule has 2 aromatic carbocycles. The lowest BCUT2D eigenvalue weighted by molar-refractivity contribution is 0.0689. The largest absolute Gasteiger partial charge is 0.377 e. The molecule has 0 radical (unpaired) electrons. The summed E-state index contributed by atoms with van der Waals surface area (Å²) >= 11 is 3.56. The highest BCUT2D eigenvalue weighted by Crippen LogP contribution is 2.34. The predicted molar refractivity (Wildman–Crippen MR) is 134 cm³/mol. The number of ether oxygens (including phenoxy) is 1. The van der Waals surface area contributed by atoms with Gasteiger partial charge in [0.2, 0.25) is 0 Å². The molecule has 6 rings (SSSR count). The van der Waals surface area contributed by atoms with Crippen molar-refractivity contribution in [1.29, 1.82) is 0 Å². The molecule has 0 saturated carbocycles. The minimum Gasteiger partial charge on any atom is -0.377 e. The number of nitrogens with zero attached hydrogens (tertiary/aromatic N) is 5. The van der Waals surface area contributed by atoms with Crippen LogP contribution in [-0.2, 0) is 4.74 Å². The number of hydrogen-bond donors (Lipinski definition) is 0. The van der Waals surface area contributed by atoms with Crippen LogP contribution in [0.4, 0.5) is 10.3 Å². The van der Waals surface area contributed by atoms with E-state index in [1.54, 1.807) is 22.7 Å². The Hall–Kier alpha value is -2.26. The Morgan fingerprint density at radius 3 is 2.00 bits per heavy atom. The van der Waals surface area contributed by atoms with Gasteiger partial charge >= 0.3 is 0 Å². The molecule has 2 aromatic heterocycles. The second kappa shape index (κ2) is 8.26. The SMILES string of the molecule is Cc1ccc2nc(N3CN(C[C@H]4CCCO4)CN(c4nc5ccc(C)cc5s4)C3)sc2c1. The highest BCUT2D eigenvalue weighted by Gasteiger charge is 2.30. The summed E-state index contributed by atoms with van der Waals surface area (Å²) in [7, 11) is 0. The van der Waals surface area contributed by atoms with Gasteiger partial charge in [-0.15, -0.1) is 0 Å². The fourth-order valence-corrected chi connectivity index (χ4v) is 6.66. The molecule has 0 N–H and O–H groups in total. The maximum Gasteiger partial charge on any atom is 0.188 e. The third-order valence-electron chi connectivity index (χ3n) is 6.18. The lowest BCUT2D eigenvalue weighted by atomic mass is 10.2. The number of aromatic nitrogens is 2. The van der Waals surface area contributed by atoms with E-state index < -0.39 is 0 Å². The molecule has 0 aliphatic carbocycles. The Morgan fingerprint density at radius 2 is 1.47 bits per heavy atom. The number of fused-ring (bicyclic) bond motifs is 2. The minimum atomic E-state index is 0.327. The predicted octanol–water partition coefficient (Wildman–Crippen LogP) is 5.20. The molecule has 2 aliphatic rings. The van der Waals surface area contributed by atoms with Crippen LogP contribution in [0, 0.1) is 13.8 Å². The molecule has 0 amide bonds. The van der Waals surface area contributed by atoms with Crippen molar-refractivity contribution in [2.45, 2.75) is 32.8 Å². The first kappa shape index (κ1) is 20.4. The zero-order chi connectivity index (χ0) is 21.7. The third-order valence-corrected chi connectivity index (χ3v) is 8.33. The van der Waals surface area contributed by atoms with E-state index in [0.717, 1.165) is 60.9 Å². The van der Waals surface area contributed by atoms with Gasteiger partial charge in [0.25, 0.3) is 0 Å². The Kier molecular flexibility index (Phi) is 5.25. The zero-order valence-electron chi connectivity index (χ0n) is 18.5. The van der Waals surface area contributed by atoms with Gasteiger partial charge in [-0.2, -0.15) is 0 Å². The monoisotopic (exact) mass is 465 g/mol. The first-order chi connectivity index (χ1) is 15.6. The number of benzene rings is 2. The Bertz CT molecular complexity index is 1170. The zero-order valence-corrected chi connectivity index (χ0v) is 20.1. The van der Waals surface area contributed by atoms with Gasteiger partial charge < -0.3 is 14.5 Å². The molecule has 32 heavy (non-hydrogen) atoms. The fraction of sp³-hybridized carbons (Fsp3) is 0.417. The molecule has 0 unspecified atom stereocenters. The molecule has 0 spiro atoms. The summed E-state index contributed by atoms with van der Waals surface area (Å²) in [5, 5.41) is 2.15. The van der Waals surface area contributed by atoms with Gasteiger partial charge in [0, 0.05) is 13.2 Å². The van der Waals surface area contributed by atoms with Crippen LogP contribution < -0.4 is 9.80 Å². The standard InChI is InChI=1S/C24H27N5OS2/c1-16-5-7-19-21(10-16)31-23(25-19)28-13-27(12-18-4-3-9-30-18)14-29(15-28)24-26-20-8-6-17(2)11-22(20)32-24/h5-8,10-11,18H,3-4,9,12-15H2,1-2H3/t18-/m1/s1. The van der Waals surface area contributed by atoms with Gasteiger partial charge in [-0.25, -0.2) is 9.97 Å². The van der Waals surface area contributed by atoms with Gasteiger partial charge in [0.1, 0.15) is 0 Å². The smallest absolute Gasteiger partial charge is 0.188 e. The lowest BCUT2D eigenvalue weighted by Crippen LogP contribution is -2.56. The molecule has 0 bridgehead atoms. The first-order valence-electron chi connectivity index (χ1n) is 11.2. The molecule has 4 aromatic rings. The summed E-state index contributed by atoms with van der Waals surface area (Å²) in [6.45, 7) is 8.62. The quantitative estimate of drug-likeness (QED) is 0.413. The van der Waals surface area contributed by atoms with Crippen molar-refractivity contribution in [3.05, 3.63) is 47.5 Å². The van der Waals surface area contributed by atoms with Crippen molar-refractivity contribution in [3.63, 3.8) is 0 Å². The van der Waals surface area contributed by atoms with E-state index >= 15 is 0 Å². The van der Waals surface area contributed by atoms with Gasteiger partial charge in [-0.3, -0.25) is 4.90 Å². The molecule has 4 heterocycles. The highest BCUT2D eigenvalue weighted by molar-refractivity contribution is 7.22. The van der Waals surface area contributed by atoms with E-state index in [-0.39, 0.29) is 0 Å². The van der Waals surface area contributed by atoms with Crippen LogP contribution in [-0.4, -0.2) is 54.1 Å². The number of hydrogen-bond acceptors (Lipinski definition) is 8. The van der Waals surface area contributed by atoms with Crippen LogP contribution in [0.2, 0.25) is 0 Å². The van der Waals surface area contributed by atoms with Gasteiger partial charge in [-0.05, 0) is 62.1 Å². The Balaban J connectivity index is 1.32. The summed E-state index contributed by atoms with van der Waals surface area (Å²) in [6.07, 6.45) is 2.64. The van der Waals surface area contributed by atoms with Crippen molar-refractivity contribution in [1.82, 2.24) is 14.9 Å². The maximum atomic E-state index is 5.96. The van der Waals surface area contributed by atoms with Crippen LogP contribution >= 0.6 is 22.7 Å². The third kappa shape index (κ3) is 3.96. The molecule has 2 fully saturated rings. The summed E-state index contributed by atoms with van der Waals surface area (Å²) in [6, 6.07) is 13.0. The average Bonchev–Trinajstić information content (AvgIpc) is 3.52. The van der Waals surface area contributed by atoms with Crippen molar-refractivity contribution in [2.75, 3.05) is 43.0 Å². The van der Waals surface area contributed by atoms with E-state index in [1.165, 1.54) is 26.9 Å². The lowest BCUT2D eigenvalue weighted by Gasteiger charge is -2.42. The topological polar surface area (TPSA) is 44.7 Å². The van der Waals surface area contributed by atoms with E-state index in [4.69, 9.17) is 14.7 Å². The summed E-state index contributed by atoms with van der Waals surface area (Å²) in [4.78, 5) is 17.2. The Morgan fingerprint density at radius 1 is 0.875 bits per heavy atom. The van der Waals surface area contributed by atoms with Crippen molar-refractivity contribution >= 4 is 53.4 Å². The fourth-order valence-electron chi connectivity index (χ4n) is 4.57. The average molecular weight is 466 g/mol. The molecule has 6 nitrogen and oxygen atoms in total. The molecule has 166 valence electrons. The van der Waals surface area contributed by atoms with Crippen LogP contribution in [0.15, 0.2) is 36.4 Å². The van der Waals surface area contributed by atoms with Crippen molar-refractivity contribution in [2.24, 2.45) is 0 Å². The summed E-state index contributed by atoms with van der Waals surface area (Å²) in [5.41, 5.74) is 4.71. The minimum absolute atomic E-state index is 0.327. The van der Waals surface area contributed by atoms with Crippen molar-refractivity contribution < 1.29 is 4.74 Å². The van der Waals surface area contributed by atoms with E-state index in [1.807, 2.05) is 0 Å². The number of rotatable bonds is 4. The van der Waals surface area contributed by atoms with Gasteiger partial charge in [0.15, 0.2) is 10.3 Å². The van der Waals surface area contributed by atoms with Crippen LogP contribution in [0.3, 0.4) is 0 Å². The van der Waals surface area contributed by atoms with Crippen molar-refractivity contribution in [3.8, 4) is 0 Å². The summed E-state index contributed by atoms with van der Waals surface area (Å²) < 4.78 is 8.45. The number of thiazole rings is 2. The maximum absolute atomic E-state index is 5.96. The molecular formula is C24H27N5OS2. The molecule has 8 heteroatoms. The first-order valence-corrected chi connectivity index (χ1v) is 12.8. The van der Waals surface area contributed by atoms with Gasteiger partial charge in [0.05, 0.1) is 46.5 Å². The molecule has 2 saturated heterocycles. The molecule has 1 atom stereocenters. The van der Waals surface area contributed by atoms with Gasteiger partial charge in [-0.1, -0.05) is 34.8 Å².